The van der Waals surface area contributed by atoms with E-state index in [1.165, 1.54) is 0 Å². The first-order valence-corrected chi connectivity index (χ1v) is 7.37. The summed E-state index contributed by atoms with van der Waals surface area (Å²) in [5.74, 6) is 0.604. The summed E-state index contributed by atoms with van der Waals surface area (Å²) in [4.78, 5) is 2.43. The van der Waals surface area contributed by atoms with Crippen LogP contribution in [0, 0.1) is 11.7 Å². The third-order valence-corrected chi connectivity index (χ3v) is 3.87. The maximum Gasteiger partial charge on any atom is 0.127 e. The van der Waals surface area contributed by atoms with Gasteiger partial charge < -0.3 is 5.32 Å². The normalized spacial score (nSPS) is 17.0. The Kier molecular flexibility index (Phi) is 10.2. The lowest BCUT2D eigenvalue weighted by molar-refractivity contribution is 0.156. The van der Waals surface area contributed by atoms with Crippen LogP contribution >= 0.6 is 24.8 Å². The number of piperazine rings is 1. The highest BCUT2D eigenvalue weighted by Crippen LogP contribution is 2.29. The highest BCUT2D eigenvalue weighted by atomic mass is 35.5. The van der Waals surface area contributed by atoms with E-state index in [0.717, 1.165) is 44.6 Å². The molecule has 1 heterocycles. The monoisotopic (exact) mass is 336 g/mol. The minimum absolute atomic E-state index is 0. The summed E-state index contributed by atoms with van der Waals surface area (Å²) < 4.78 is 14.1. The molecule has 0 amide bonds. The van der Waals surface area contributed by atoms with Crippen LogP contribution in [0.15, 0.2) is 24.3 Å². The first-order valence-electron chi connectivity index (χ1n) is 7.37. The highest BCUT2D eigenvalue weighted by molar-refractivity contribution is 5.85. The van der Waals surface area contributed by atoms with Crippen LogP contribution in [0.4, 0.5) is 4.39 Å². The first kappa shape index (κ1) is 20.6. The summed E-state index contributed by atoms with van der Waals surface area (Å²) >= 11 is 0. The van der Waals surface area contributed by atoms with Crippen LogP contribution in [0.2, 0.25) is 0 Å². The van der Waals surface area contributed by atoms with Gasteiger partial charge in [0, 0.05) is 37.8 Å². The Morgan fingerprint density at radius 3 is 2.29 bits per heavy atom. The van der Waals surface area contributed by atoms with Crippen molar-refractivity contribution in [2.24, 2.45) is 5.92 Å². The average molecular weight is 337 g/mol. The van der Waals surface area contributed by atoms with Gasteiger partial charge in [-0.15, -0.1) is 24.8 Å². The van der Waals surface area contributed by atoms with Crippen molar-refractivity contribution >= 4 is 24.8 Å². The van der Waals surface area contributed by atoms with Gasteiger partial charge >= 0.3 is 0 Å². The fourth-order valence-electron chi connectivity index (χ4n) is 2.77. The molecule has 1 aromatic rings. The lowest BCUT2D eigenvalue weighted by Crippen LogP contribution is -2.45. The second kappa shape index (κ2) is 10.4. The first-order chi connectivity index (χ1) is 9.18. The van der Waals surface area contributed by atoms with E-state index >= 15 is 0 Å². The molecule has 122 valence electrons. The Balaban J connectivity index is 0.00000200. The molecule has 1 aromatic carbocycles. The molecule has 2 nitrogen and oxygen atoms in total. The molecule has 0 radical (unpaired) electrons. The molecular weight excluding hydrogens is 310 g/mol. The van der Waals surface area contributed by atoms with Gasteiger partial charge in [-0.1, -0.05) is 32.0 Å². The molecule has 21 heavy (non-hydrogen) atoms. The minimum Gasteiger partial charge on any atom is -0.314 e. The minimum atomic E-state index is -0.0604. The lowest BCUT2D eigenvalue weighted by Gasteiger charge is -2.35. The average Bonchev–Trinajstić information content (AvgIpc) is 2.42. The zero-order valence-electron chi connectivity index (χ0n) is 12.8. The second-order valence-electron chi connectivity index (χ2n) is 5.79. The van der Waals surface area contributed by atoms with Crippen LogP contribution in [0.5, 0.6) is 0 Å². The summed E-state index contributed by atoms with van der Waals surface area (Å²) in [7, 11) is 0. The number of rotatable bonds is 5. The molecular formula is C16H27Cl2FN2. The quantitative estimate of drug-likeness (QED) is 0.872. The van der Waals surface area contributed by atoms with Gasteiger partial charge in [0.15, 0.2) is 0 Å². The van der Waals surface area contributed by atoms with E-state index in [4.69, 9.17) is 0 Å². The van der Waals surface area contributed by atoms with E-state index in [9.17, 15) is 4.39 Å². The van der Waals surface area contributed by atoms with E-state index < -0.39 is 0 Å². The Labute approximate surface area is 140 Å². The van der Waals surface area contributed by atoms with Crippen LogP contribution < -0.4 is 5.32 Å². The number of nitrogens with one attached hydrogen (secondary N) is 1. The molecule has 2 rings (SSSR count). The lowest BCUT2D eigenvalue weighted by atomic mass is 9.95. The molecule has 0 bridgehead atoms. The van der Waals surface area contributed by atoms with E-state index in [1.54, 1.807) is 12.1 Å². The van der Waals surface area contributed by atoms with Gasteiger partial charge in [-0.3, -0.25) is 4.90 Å². The smallest absolute Gasteiger partial charge is 0.127 e. The van der Waals surface area contributed by atoms with Crippen molar-refractivity contribution < 1.29 is 4.39 Å². The maximum atomic E-state index is 14.1. The summed E-state index contributed by atoms with van der Waals surface area (Å²) in [6.07, 6.45) is 2.18. The van der Waals surface area contributed by atoms with Crippen LogP contribution in [0.25, 0.3) is 0 Å². The molecule has 0 aliphatic carbocycles. The molecule has 1 aliphatic heterocycles. The predicted octanol–water partition coefficient (Wildman–Crippen LogP) is 4.05. The summed E-state index contributed by atoms with van der Waals surface area (Å²) in [5.41, 5.74) is 0.866. The molecule has 0 aromatic heterocycles. The summed E-state index contributed by atoms with van der Waals surface area (Å²) in [6.45, 7) is 8.50. The van der Waals surface area contributed by atoms with Crippen molar-refractivity contribution in [1.29, 1.82) is 0 Å². The molecule has 5 heteroatoms. The van der Waals surface area contributed by atoms with Gasteiger partial charge in [0.25, 0.3) is 0 Å². The van der Waals surface area contributed by atoms with E-state index in [0.29, 0.717) is 5.92 Å². The number of hydrogen-bond donors (Lipinski definition) is 1. The van der Waals surface area contributed by atoms with E-state index in [2.05, 4.69) is 24.1 Å². The largest absolute Gasteiger partial charge is 0.314 e. The Hall–Kier alpha value is -0.350. The zero-order chi connectivity index (χ0) is 13.7. The van der Waals surface area contributed by atoms with E-state index in [1.807, 2.05) is 12.1 Å². The number of nitrogens with zero attached hydrogens (tertiary/aromatic N) is 1. The Morgan fingerprint density at radius 2 is 1.71 bits per heavy atom. The fourth-order valence-corrected chi connectivity index (χ4v) is 2.77. The van der Waals surface area contributed by atoms with Crippen LogP contribution in [-0.4, -0.2) is 31.1 Å². The number of halogens is 3. The molecule has 1 saturated heterocycles. The van der Waals surface area contributed by atoms with Crippen molar-refractivity contribution in [3.8, 4) is 0 Å². The third kappa shape index (κ3) is 6.11. The van der Waals surface area contributed by atoms with Crippen molar-refractivity contribution in [1.82, 2.24) is 10.2 Å². The van der Waals surface area contributed by atoms with Gasteiger partial charge in [0.1, 0.15) is 5.82 Å². The molecule has 1 N–H and O–H groups in total. The second-order valence-corrected chi connectivity index (χ2v) is 5.79. The zero-order valence-corrected chi connectivity index (χ0v) is 14.5. The number of hydrogen-bond acceptors (Lipinski definition) is 2. The fraction of sp³-hybridized carbons (Fsp3) is 0.625. The van der Waals surface area contributed by atoms with E-state index in [-0.39, 0.29) is 36.7 Å². The highest BCUT2D eigenvalue weighted by Gasteiger charge is 2.24. The van der Waals surface area contributed by atoms with Crippen LogP contribution in [0.1, 0.15) is 38.3 Å². The van der Waals surface area contributed by atoms with Crippen molar-refractivity contribution in [2.75, 3.05) is 26.2 Å². The van der Waals surface area contributed by atoms with Gasteiger partial charge in [0.2, 0.25) is 0 Å². The summed E-state index contributed by atoms with van der Waals surface area (Å²) in [6, 6.07) is 7.48. The molecule has 0 spiro atoms. The number of benzene rings is 1. The predicted molar refractivity (Wildman–Crippen MR) is 92.2 cm³/mol. The Bertz CT molecular complexity index is 396. The molecule has 1 aliphatic rings. The van der Waals surface area contributed by atoms with Gasteiger partial charge in [-0.25, -0.2) is 4.39 Å². The standard InChI is InChI=1S/C16H25FN2.2ClH/c1-13(2)7-8-16(19-11-9-18-10-12-19)14-5-3-4-6-15(14)17;;/h3-6,13,16,18H,7-12H2,1-2H3;2*1H/t16-;;/m0../s1. The van der Waals surface area contributed by atoms with Crippen LogP contribution in [0.3, 0.4) is 0 Å². The van der Waals surface area contributed by atoms with Crippen molar-refractivity contribution in [2.45, 2.75) is 32.7 Å². The van der Waals surface area contributed by atoms with Gasteiger partial charge in [-0.05, 0) is 24.8 Å². The molecule has 1 fully saturated rings. The van der Waals surface area contributed by atoms with Crippen molar-refractivity contribution in [3.63, 3.8) is 0 Å². The molecule has 0 unspecified atom stereocenters. The summed E-state index contributed by atoms with van der Waals surface area (Å²) in [5, 5.41) is 3.37. The molecule has 0 saturated carbocycles. The third-order valence-electron chi connectivity index (χ3n) is 3.87. The Morgan fingerprint density at radius 1 is 1.10 bits per heavy atom. The van der Waals surface area contributed by atoms with Crippen LogP contribution in [-0.2, 0) is 0 Å². The molecule has 1 atom stereocenters. The SMILES string of the molecule is CC(C)CC[C@@H](c1ccccc1F)N1CCNCC1.Cl.Cl. The maximum absolute atomic E-state index is 14.1. The topological polar surface area (TPSA) is 15.3 Å². The van der Waals surface area contributed by atoms with Gasteiger partial charge in [-0.2, -0.15) is 0 Å². The van der Waals surface area contributed by atoms with Crippen molar-refractivity contribution in [3.05, 3.63) is 35.6 Å². The van der Waals surface area contributed by atoms with Gasteiger partial charge in [0.05, 0.1) is 0 Å².